The van der Waals surface area contributed by atoms with Crippen LogP contribution in [0, 0.1) is 0 Å². The van der Waals surface area contributed by atoms with Gasteiger partial charge in [-0.3, -0.25) is 0 Å². The van der Waals surface area contributed by atoms with Crippen LogP contribution in [-0.4, -0.2) is 16.5 Å². The van der Waals surface area contributed by atoms with Gasteiger partial charge in [-0.1, -0.05) is 18.2 Å². The summed E-state index contributed by atoms with van der Waals surface area (Å²) in [5.74, 6) is 0. The Morgan fingerprint density at radius 1 is 1.25 bits per heavy atom. The summed E-state index contributed by atoms with van der Waals surface area (Å²) in [5.41, 5.74) is 0.962. The van der Waals surface area contributed by atoms with Gasteiger partial charge in [0.15, 0.2) is 0 Å². The van der Waals surface area contributed by atoms with E-state index in [2.05, 4.69) is 16.3 Å². The fraction of sp³-hybridized carbons (Fsp3) is 0.111. The standard InChI is InChI=1S/C9H8N2S/c1-12-9-6-10-11-8-5-3-2-4-7(8)9/h2-6H,1H3. The maximum Gasteiger partial charge on any atom is 0.0940 e. The first-order valence-corrected chi connectivity index (χ1v) is 4.88. The van der Waals surface area contributed by atoms with Crippen LogP contribution in [0.2, 0.25) is 0 Å². The third kappa shape index (κ3) is 1.16. The van der Waals surface area contributed by atoms with E-state index in [1.165, 1.54) is 10.3 Å². The topological polar surface area (TPSA) is 25.8 Å². The predicted octanol–water partition coefficient (Wildman–Crippen LogP) is 2.35. The van der Waals surface area contributed by atoms with Gasteiger partial charge in [0.25, 0.3) is 0 Å². The molecule has 2 nitrogen and oxygen atoms in total. The zero-order chi connectivity index (χ0) is 8.39. The molecule has 0 aliphatic rings. The van der Waals surface area contributed by atoms with Crippen molar-refractivity contribution in [2.24, 2.45) is 0 Å². The quantitative estimate of drug-likeness (QED) is 0.624. The largest absolute Gasteiger partial charge is 0.157 e. The van der Waals surface area contributed by atoms with Gasteiger partial charge in [0.1, 0.15) is 0 Å². The first kappa shape index (κ1) is 7.55. The van der Waals surface area contributed by atoms with Crippen LogP contribution < -0.4 is 0 Å². The van der Waals surface area contributed by atoms with E-state index >= 15 is 0 Å². The first-order valence-electron chi connectivity index (χ1n) is 3.66. The SMILES string of the molecule is CSc1cnnc2ccccc12. The lowest BCUT2D eigenvalue weighted by molar-refractivity contribution is 1.05. The van der Waals surface area contributed by atoms with E-state index in [1.807, 2.05) is 24.5 Å². The summed E-state index contributed by atoms with van der Waals surface area (Å²) in [6, 6.07) is 8.03. The molecule has 0 saturated heterocycles. The van der Waals surface area contributed by atoms with Crippen molar-refractivity contribution in [2.75, 3.05) is 6.26 Å². The minimum atomic E-state index is 0.962. The van der Waals surface area contributed by atoms with Gasteiger partial charge in [-0.25, -0.2) is 0 Å². The fourth-order valence-corrected chi connectivity index (χ4v) is 1.69. The number of rotatable bonds is 1. The summed E-state index contributed by atoms with van der Waals surface area (Å²) in [7, 11) is 0. The lowest BCUT2D eigenvalue weighted by atomic mass is 10.2. The van der Waals surface area contributed by atoms with Crippen molar-refractivity contribution in [3.05, 3.63) is 30.5 Å². The molecule has 0 aliphatic heterocycles. The van der Waals surface area contributed by atoms with Crippen LogP contribution in [0.1, 0.15) is 0 Å². The molecule has 0 unspecified atom stereocenters. The van der Waals surface area contributed by atoms with Crippen molar-refractivity contribution >= 4 is 22.7 Å². The van der Waals surface area contributed by atoms with E-state index in [1.54, 1.807) is 18.0 Å². The number of hydrogen-bond acceptors (Lipinski definition) is 3. The van der Waals surface area contributed by atoms with Crippen LogP contribution in [0.4, 0.5) is 0 Å². The summed E-state index contributed by atoms with van der Waals surface area (Å²) >= 11 is 1.70. The second-order valence-corrected chi connectivity index (χ2v) is 3.28. The number of nitrogens with zero attached hydrogens (tertiary/aromatic N) is 2. The highest BCUT2D eigenvalue weighted by Gasteiger charge is 1.98. The van der Waals surface area contributed by atoms with Crippen LogP contribution in [0.15, 0.2) is 35.4 Å². The van der Waals surface area contributed by atoms with Crippen LogP contribution in [-0.2, 0) is 0 Å². The van der Waals surface area contributed by atoms with Gasteiger partial charge in [-0.15, -0.1) is 11.8 Å². The average molecular weight is 176 g/mol. The molecule has 1 aromatic heterocycles. The molecule has 2 aromatic rings. The second kappa shape index (κ2) is 3.11. The maximum atomic E-state index is 4.03. The molecule has 0 bridgehead atoms. The zero-order valence-corrected chi connectivity index (χ0v) is 7.51. The summed E-state index contributed by atoms with van der Waals surface area (Å²) in [6.45, 7) is 0. The molecule has 0 radical (unpaired) electrons. The molecule has 0 fully saturated rings. The highest BCUT2D eigenvalue weighted by molar-refractivity contribution is 7.98. The normalized spacial score (nSPS) is 10.4. The van der Waals surface area contributed by atoms with E-state index in [-0.39, 0.29) is 0 Å². The molecular formula is C9H8N2S. The molecule has 0 spiro atoms. The summed E-state index contributed by atoms with van der Waals surface area (Å²) in [4.78, 5) is 1.18. The van der Waals surface area contributed by atoms with Gasteiger partial charge in [0.2, 0.25) is 0 Å². The molecule has 0 amide bonds. The third-order valence-electron chi connectivity index (χ3n) is 1.73. The van der Waals surface area contributed by atoms with Crippen LogP contribution in [0.5, 0.6) is 0 Å². The maximum absolute atomic E-state index is 4.03. The predicted molar refractivity (Wildman–Crippen MR) is 51.3 cm³/mol. The Labute approximate surface area is 75.0 Å². The summed E-state index contributed by atoms with van der Waals surface area (Å²) in [5, 5.41) is 9.12. The number of thioether (sulfide) groups is 1. The molecule has 1 aromatic carbocycles. The van der Waals surface area contributed by atoms with Crippen molar-refractivity contribution < 1.29 is 0 Å². The highest BCUT2D eigenvalue weighted by atomic mass is 32.2. The molecule has 2 rings (SSSR count). The van der Waals surface area contributed by atoms with Gasteiger partial charge in [-0.05, 0) is 12.3 Å². The van der Waals surface area contributed by atoms with Crippen molar-refractivity contribution in [1.29, 1.82) is 0 Å². The number of aromatic nitrogens is 2. The van der Waals surface area contributed by atoms with E-state index in [4.69, 9.17) is 0 Å². The molecule has 0 N–H and O–H groups in total. The molecule has 12 heavy (non-hydrogen) atoms. The molecule has 1 heterocycles. The van der Waals surface area contributed by atoms with E-state index in [9.17, 15) is 0 Å². The van der Waals surface area contributed by atoms with E-state index in [0.29, 0.717) is 0 Å². The molecule has 0 atom stereocenters. The Morgan fingerprint density at radius 3 is 2.92 bits per heavy atom. The monoisotopic (exact) mass is 176 g/mol. The zero-order valence-electron chi connectivity index (χ0n) is 6.69. The Hall–Kier alpha value is -1.09. The smallest absolute Gasteiger partial charge is 0.0940 e. The second-order valence-electron chi connectivity index (χ2n) is 2.43. The van der Waals surface area contributed by atoms with E-state index < -0.39 is 0 Å². The Balaban J connectivity index is 2.79. The molecule has 0 aliphatic carbocycles. The minimum Gasteiger partial charge on any atom is -0.157 e. The van der Waals surface area contributed by atoms with Crippen LogP contribution in [0.3, 0.4) is 0 Å². The Kier molecular flexibility index (Phi) is 1.96. The molecular weight excluding hydrogens is 168 g/mol. The van der Waals surface area contributed by atoms with Crippen LogP contribution >= 0.6 is 11.8 Å². The third-order valence-corrected chi connectivity index (χ3v) is 2.50. The van der Waals surface area contributed by atoms with Crippen molar-refractivity contribution in [1.82, 2.24) is 10.2 Å². The molecule has 60 valence electrons. The van der Waals surface area contributed by atoms with Crippen LogP contribution in [0.25, 0.3) is 10.9 Å². The van der Waals surface area contributed by atoms with Crippen molar-refractivity contribution in [3.63, 3.8) is 0 Å². The number of benzene rings is 1. The number of fused-ring (bicyclic) bond motifs is 1. The van der Waals surface area contributed by atoms with Crippen molar-refractivity contribution in [2.45, 2.75) is 4.90 Å². The Morgan fingerprint density at radius 2 is 2.08 bits per heavy atom. The molecule has 3 heteroatoms. The van der Waals surface area contributed by atoms with Gasteiger partial charge in [-0.2, -0.15) is 10.2 Å². The lowest BCUT2D eigenvalue weighted by Gasteiger charge is -1.99. The number of hydrogen-bond donors (Lipinski definition) is 0. The summed E-state index contributed by atoms with van der Waals surface area (Å²) in [6.07, 6.45) is 3.84. The average Bonchev–Trinajstić information content (AvgIpc) is 2.17. The van der Waals surface area contributed by atoms with Gasteiger partial charge in [0, 0.05) is 10.3 Å². The lowest BCUT2D eigenvalue weighted by Crippen LogP contribution is -1.84. The van der Waals surface area contributed by atoms with Gasteiger partial charge >= 0.3 is 0 Å². The fourth-order valence-electron chi connectivity index (χ4n) is 1.14. The summed E-state index contributed by atoms with van der Waals surface area (Å²) < 4.78 is 0. The minimum absolute atomic E-state index is 0.962. The Bertz CT molecular complexity index is 395. The highest BCUT2D eigenvalue weighted by Crippen LogP contribution is 2.22. The van der Waals surface area contributed by atoms with Gasteiger partial charge < -0.3 is 0 Å². The first-order chi connectivity index (χ1) is 5.92. The van der Waals surface area contributed by atoms with E-state index in [0.717, 1.165) is 5.52 Å². The molecule has 0 saturated carbocycles. The van der Waals surface area contributed by atoms with Crippen molar-refractivity contribution in [3.8, 4) is 0 Å². The van der Waals surface area contributed by atoms with Gasteiger partial charge in [0.05, 0.1) is 11.7 Å².